The van der Waals surface area contributed by atoms with Gasteiger partial charge in [0.2, 0.25) is 0 Å². The Kier molecular flexibility index (Phi) is 3.39. The predicted molar refractivity (Wildman–Crippen MR) is 73.2 cm³/mol. The molecule has 2 rings (SSSR count). The minimum absolute atomic E-state index is 0.336. The van der Waals surface area contributed by atoms with Crippen LogP contribution in [0.1, 0.15) is 38.1 Å². The number of morpholine rings is 1. The van der Waals surface area contributed by atoms with Gasteiger partial charge in [0.05, 0.1) is 16.9 Å². The van der Waals surface area contributed by atoms with Crippen LogP contribution in [-0.4, -0.2) is 30.6 Å². The fourth-order valence-corrected chi connectivity index (χ4v) is 2.81. The van der Waals surface area contributed by atoms with Gasteiger partial charge in [-0.1, -0.05) is 0 Å². The number of hydrogen-bond acceptors (Lipinski definition) is 3. The quantitative estimate of drug-likeness (QED) is 0.770. The van der Waals surface area contributed by atoms with Crippen LogP contribution in [0, 0.1) is 5.82 Å². The van der Waals surface area contributed by atoms with Gasteiger partial charge in [0.1, 0.15) is 12.1 Å². The van der Waals surface area contributed by atoms with Crippen LogP contribution in [0.25, 0.3) is 0 Å². The third-order valence-electron chi connectivity index (χ3n) is 3.14. The molecule has 19 heavy (non-hydrogen) atoms. The number of rotatable bonds is 2. The third-order valence-corrected chi connectivity index (χ3v) is 3.14. The summed E-state index contributed by atoms with van der Waals surface area (Å²) in [5.41, 5.74) is 0.206. The molecule has 1 aliphatic heterocycles. The molecular weight excluding hydrogens is 245 g/mol. The van der Waals surface area contributed by atoms with Crippen molar-refractivity contribution in [1.82, 2.24) is 0 Å². The molecule has 0 unspecified atom stereocenters. The van der Waals surface area contributed by atoms with Gasteiger partial charge in [0, 0.05) is 18.7 Å². The molecule has 0 atom stereocenters. The third kappa shape index (κ3) is 3.13. The molecule has 0 aliphatic carbocycles. The van der Waals surface area contributed by atoms with Crippen LogP contribution in [0.2, 0.25) is 0 Å². The van der Waals surface area contributed by atoms with E-state index in [9.17, 15) is 9.18 Å². The molecule has 1 aromatic rings. The number of hydrogen-bond donors (Lipinski definition) is 0. The van der Waals surface area contributed by atoms with Crippen LogP contribution in [-0.2, 0) is 4.74 Å². The van der Waals surface area contributed by atoms with Crippen molar-refractivity contribution in [3.05, 3.63) is 29.6 Å². The topological polar surface area (TPSA) is 29.5 Å². The highest BCUT2D eigenvalue weighted by atomic mass is 19.1. The second-order valence-corrected chi connectivity index (χ2v) is 6.31. The summed E-state index contributed by atoms with van der Waals surface area (Å²) in [7, 11) is 0. The van der Waals surface area contributed by atoms with Crippen molar-refractivity contribution in [2.75, 3.05) is 18.0 Å². The highest BCUT2D eigenvalue weighted by Crippen LogP contribution is 2.32. The monoisotopic (exact) mass is 265 g/mol. The maximum absolute atomic E-state index is 14.1. The van der Waals surface area contributed by atoms with Gasteiger partial charge < -0.3 is 9.64 Å². The van der Waals surface area contributed by atoms with Crippen molar-refractivity contribution >= 4 is 12.0 Å². The van der Waals surface area contributed by atoms with Gasteiger partial charge in [0.25, 0.3) is 0 Å². The minimum atomic E-state index is -0.363. The van der Waals surface area contributed by atoms with Crippen molar-refractivity contribution < 1.29 is 13.9 Å². The zero-order chi connectivity index (χ0) is 14.3. The van der Waals surface area contributed by atoms with Crippen molar-refractivity contribution in [2.24, 2.45) is 0 Å². The second kappa shape index (κ2) is 4.60. The lowest BCUT2D eigenvalue weighted by molar-refractivity contribution is -0.133. The van der Waals surface area contributed by atoms with Gasteiger partial charge in [-0.15, -0.1) is 0 Å². The van der Waals surface area contributed by atoms with Crippen molar-refractivity contribution in [2.45, 2.75) is 38.9 Å². The van der Waals surface area contributed by atoms with Gasteiger partial charge in [-0.05, 0) is 45.9 Å². The zero-order valence-corrected chi connectivity index (χ0v) is 11.9. The molecule has 4 heteroatoms. The first-order valence-electron chi connectivity index (χ1n) is 6.42. The summed E-state index contributed by atoms with van der Waals surface area (Å²) in [6, 6.07) is 4.58. The average molecular weight is 265 g/mol. The summed E-state index contributed by atoms with van der Waals surface area (Å²) < 4.78 is 20.1. The largest absolute Gasteiger partial charge is 0.366 e. The maximum atomic E-state index is 14.1. The van der Waals surface area contributed by atoms with Gasteiger partial charge in [-0.25, -0.2) is 4.39 Å². The molecule has 104 valence electrons. The van der Waals surface area contributed by atoms with E-state index < -0.39 is 0 Å². The smallest absolute Gasteiger partial charge is 0.150 e. The lowest BCUT2D eigenvalue weighted by Crippen LogP contribution is -2.57. The Balaban J connectivity index is 2.33. The number of carbonyl (C=O) groups is 1. The first-order valence-corrected chi connectivity index (χ1v) is 6.42. The number of carbonyl (C=O) groups excluding carboxylic acids is 1. The molecule has 0 saturated carbocycles. The molecule has 1 aliphatic rings. The number of aldehydes is 1. The number of anilines is 1. The van der Waals surface area contributed by atoms with E-state index in [4.69, 9.17) is 4.74 Å². The van der Waals surface area contributed by atoms with Gasteiger partial charge in [-0.3, -0.25) is 4.79 Å². The molecule has 0 spiro atoms. The summed E-state index contributed by atoms with van der Waals surface area (Å²) >= 11 is 0. The van der Waals surface area contributed by atoms with Crippen molar-refractivity contribution in [1.29, 1.82) is 0 Å². The van der Waals surface area contributed by atoms with Gasteiger partial charge in [0.15, 0.2) is 0 Å². The number of halogens is 1. The summed E-state index contributed by atoms with van der Waals surface area (Å²) in [5, 5.41) is 0. The fourth-order valence-electron chi connectivity index (χ4n) is 2.81. The Labute approximate surface area is 113 Å². The van der Waals surface area contributed by atoms with E-state index in [1.165, 1.54) is 6.07 Å². The molecule has 0 radical (unpaired) electrons. The first-order chi connectivity index (χ1) is 8.72. The summed E-state index contributed by atoms with van der Waals surface area (Å²) in [4.78, 5) is 12.6. The minimum Gasteiger partial charge on any atom is -0.366 e. The summed E-state index contributed by atoms with van der Waals surface area (Å²) in [5.74, 6) is -0.363. The van der Waals surface area contributed by atoms with Crippen LogP contribution in [0.4, 0.5) is 10.1 Å². The molecule has 1 saturated heterocycles. The number of benzene rings is 1. The SMILES string of the molecule is CC1(C)CN(c2ccc(C=O)cc2F)CC(C)(C)O1. The molecule has 1 aromatic carbocycles. The normalized spacial score (nSPS) is 21.2. The molecule has 0 N–H and O–H groups in total. The van der Waals surface area contributed by atoms with Crippen molar-refractivity contribution in [3.8, 4) is 0 Å². The van der Waals surface area contributed by atoms with E-state index in [0.29, 0.717) is 30.6 Å². The van der Waals surface area contributed by atoms with Crippen molar-refractivity contribution in [3.63, 3.8) is 0 Å². The van der Waals surface area contributed by atoms with Gasteiger partial charge in [-0.2, -0.15) is 0 Å². The zero-order valence-electron chi connectivity index (χ0n) is 11.9. The highest BCUT2D eigenvalue weighted by molar-refractivity contribution is 5.76. The highest BCUT2D eigenvalue weighted by Gasteiger charge is 2.38. The Morgan fingerprint density at radius 1 is 1.21 bits per heavy atom. The van der Waals surface area contributed by atoms with Crippen LogP contribution in [0.5, 0.6) is 0 Å². The summed E-state index contributed by atoms with van der Waals surface area (Å²) in [6.45, 7) is 9.23. The van der Waals surface area contributed by atoms with Crippen LogP contribution < -0.4 is 4.90 Å². The average Bonchev–Trinajstić information content (AvgIpc) is 2.24. The van der Waals surface area contributed by atoms with E-state index >= 15 is 0 Å². The number of ether oxygens (including phenoxy) is 1. The van der Waals surface area contributed by atoms with E-state index in [1.807, 2.05) is 32.6 Å². The molecule has 3 nitrogen and oxygen atoms in total. The standard InChI is InChI=1S/C15H20FNO2/c1-14(2)9-17(10-15(3,4)19-14)13-6-5-11(8-18)7-12(13)16/h5-8H,9-10H2,1-4H3. The number of nitrogens with zero attached hydrogens (tertiary/aromatic N) is 1. The molecule has 1 heterocycles. The molecular formula is C15H20FNO2. The van der Waals surface area contributed by atoms with Gasteiger partial charge >= 0.3 is 0 Å². The lowest BCUT2D eigenvalue weighted by Gasteiger charge is -2.48. The molecule has 1 fully saturated rings. The van der Waals surface area contributed by atoms with Crippen LogP contribution in [0.15, 0.2) is 18.2 Å². The Hall–Kier alpha value is -1.42. The molecule has 0 aromatic heterocycles. The Morgan fingerprint density at radius 3 is 2.26 bits per heavy atom. The predicted octanol–water partition coefficient (Wildman–Crippen LogP) is 3.03. The lowest BCUT2D eigenvalue weighted by atomic mass is 9.98. The fraction of sp³-hybridized carbons (Fsp3) is 0.533. The van der Waals surface area contributed by atoms with E-state index in [1.54, 1.807) is 12.1 Å². The maximum Gasteiger partial charge on any atom is 0.150 e. The van der Waals surface area contributed by atoms with E-state index in [2.05, 4.69) is 0 Å². The Bertz CT molecular complexity index is 481. The molecule has 0 amide bonds. The van der Waals surface area contributed by atoms with Crippen LogP contribution >= 0.6 is 0 Å². The van der Waals surface area contributed by atoms with Crippen LogP contribution in [0.3, 0.4) is 0 Å². The second-order valence-electron chi connectivity index (χ2n) is 6.31. The van der Waals surface area contributed by atoms with E-state index in [-0.39, 0.29) is 17.0 Å². The summed E-state index contributed by atoms with van der Waals surface area (Å²) in [6.07, 6.45) is 0.653. The molecule has 0 bridgehead atoms. The first kappa shape index (κ1) is 14.0. The van der Waals surface area contributed by atoms with E-state index in [0.717, 1.165) is 0 Å². The Morgan fingerprint density at radius 2 is 1.79 bits per heavy atom.